The van der Waals surface area contributed by atoms with Gasteiger partial charge < -0.3 is 14.5 Å². The molecule has 1 atom stereocenters. The molecule has 1 heterocycles. The number of methoxy groups -OCH3 is 1. The number of hydrogen-bond acceptors (Lipinski definition) is 5. The number of nitrogens with zero attached hydrogens (tertiary/aromatic N) is 2. The van der Waals surface area contributed by atoms with Gasteiger partial charge in [-0.2, -0.15) is 4.72 Å². The van der Waals surface area contributed by atoms with Crippen LogP contribution in [0.5, 0.6) is 5.75 Å². The molecule has 0 bridgehead atoms. The minimum absolute atomic E-state index is 0.107. The van der Waals surface area contributed by atoms with E-state index in [0.717, 1.165) is 11.3 Å². The van der Waals surface area contributed by atoms with E-state index in [0.29, 0.717) is 37.5 Å². The number of anilines is 1. The van der Waals surface area contributed by atoms with Gasteiger partial charge in [-0.3, -0.25) is 4.79 Å². The Morgan fingerprint density at radius 3 is 2.17 bits per heavy atom. The zero-order valence-electron chi connectivity index (χ0n) is 20.1. The topological polar surface area (TPSA) is 78.9 Å². The predicted molar refractivity (Wildman–Crippen MR) is 137 cm³/mol. The standard InChI is InChI=1S/C27H31N3O4S/c1-21-19-24(13-14-26(21)34-2)35(32,33)28-25(20-22-9-5-3-6-10-22)27(31)30-17-15-29(16-18-30)23-11-7-4-8-12-23/h3-14,19,25,28H,15-18,20H2,1-2H3/t25-/m0/s1. The zero-order chi connectivity index (χ0) is 24.8. The lowest BCUT2D eigenvalue weighted by molar-refractivity contribution is -0.133. The Bertz CT molecular complexity index is 1240. The lowest BCUT2D eigenvalue weighted by atomic mass is 10.1. The number of sulfonamides is 1. The second-order valence-corrected chi connectivity index (χ2v) is 10.4. The third-order valence-corrected chi connectivity index (χ3v) is 7.74. The second kappa shape index (κ2) is 10.9. The van der Waals surface area contributed by atoms with Crippen molar-refractivity contribution in [2.75, 3.05) is 38.2 Å². The fourth-order valence-electron chi connectivity index (χ4n) is 4.35. The van der Waals surface area contributed by atoms with Gasteiger partial charge in [0.25, 0.3) is 0 Å². The van der Waals surface area contributed by atoms with E-state index in [4.69, 9.17) is 4.74 Å². The van der Waals surface area contributed by atoms with Gasteiger partial charge in [0.05, 0.1) is 12.0 Å². The van der Waals surface area contributed by atoms with E-state index in [9.17, 15) is 13.2 Å². The Balaban J connectivity index is 1.52. The third kappa shape index (κ3) is 6.01. The van der Waals surface area contributed by atoms with Gasteiger partial charge in [0.2, 0.25) is 15.9 Å². The summed E-state index contributed by atoms with van der Waals surface area (Å²) in [5.41, 5.74) is 2.72. The van der Waals surface area contributed by atoms with Crippen LogP contribution in [0.3, 0.4) is 0 Å². The Morgan fingerprint density at radius 1 is 0.943 bits per heavy atom. The minimum Gasteiger partial charge on any atom is -0.496 e. The number of rotatable bonds is 8. The molecular weight excluding hydrogens is 462 g/mol. The SMILES string of the molecule is COc1ccc(S(=O)(=O)N[C@@H](Cc2ccccc2)C(=O)N2CCN(c3ccccc3)CC2)cc1C. The number of benzene rings is 3. The highest BCUT2D eigenvalue weighted by Crippen LogP contribution is 2.22. The van der Waals surface area contributed by atoms with Crippen LogP contribution in [0.4, 0.5) is 5.69 Å². The van der Waals surface area contributed by atoms with Crippen LogP contribution in [0, 0.1) is 6.92 Å². The zero-order valence-corrected chi connectivity index (χ0v) is 20.9. The summed E-state index contributed by atoms with van der Waals surface area (Å²) >= 11 is 0. The van der Waals surface area contributed by atoms with Crippen LogP contribution >= 0.6 is 0 Å². The summed E-state index contributed by atoms with van der Waals surface area (Å²) in [5, 5.41) is 0. The van der Waals surface area contributed by atoms with Crippen molar-refractivity contribution >= 4 is 21.6 Å². The third-order valence-electron chi connectivity index (χ3n) is 6.27. The number of nitrogens with one attached hydrogen (secondary N) is 1. The van der Waals surface area contributed by atoms with Crippen molar-refractivity contribution in [3.63, 3.8) is 0 Å². The van der Waals surface area contributed by atoms with E-state index in [1.54, 1.807) is 31.1 Å². The van der Waals surface area contributed by atoms with Crippen LogP contribution in [-0.4, -0.2) is 58.6 Å². The molecule has 0 radical (unpaired) electrons. The molecule has 7 nitrogen and oxygen atoms in total. The molecule has 1 fully saturated rings. The first-order chi connectivity index (χ1) is 16.9. The maximum absolute atomic E-state index is 13.6. The molecule has 0 aromatic heterocycles. The maximum Gasteiger partial charge on any atom is 0.241 e. The molecule has 0 saturated carbocycles. The number of piperazine rings is 1. The summed E-state index contributed by atoms with van der Waals surface area (Å²) in [7, 11) is -2.39. The van der Waals surface area contributed by atoms with Gasteiger partial charge in [0.15, 0.2) is 0 Å². The van der Waals surface area contributed by atoms with Crippen molar-refractivity contribution in [2.45, 2.75) is 24.3 Å². The summed E-state index contributed by atoms with van der Waals surface area (Å²) in [6.45, 7) is 4.23. The van der Waals surface area contributed by atoms with E-state index in [-0.39, 0.29) is 17.2 Å². The van der Waals surface area contributed by atoms with Crippen LogP contribution in [0.25, 0.3) is 0 Å². The molecule has 35 heavy (non-hydrogen) atoms. The number of carbonyl (C=O) groups is 1. The van der Waals surface area contributed by atoms with E-state index in [1.807, 2.05) is 48.5 Å². The summed E-state index contributed by atoms with van der Waals surface area (Å²) < 4.78 is 34.5. The number of hydrogen-bond donors (Lipinski definition) is 1. The van der Waals surface area contributed by atoms with E-state index < -0.39 is 16.1 Å². The molecule has 0 aliphatic carbocycles. The highest BCUT2D eigenvalue weighted by molar-refractivity contribution is 7.89. The molecule has 3 aromatic rings. The molecule has 1 saturated heterocycles. The van der Waals surface area contributed by atoms with Crippen molar-refractivity contribution in [3.8, 4) is 5.75 Å². The predicted octanol–water partition coefficient (Wildman–Crippen LogP) is 3.24. The van der Waals surface area contributed by atoms with Gasteiger partial charge in [0.1, 0.15) is 11.8 Å². The molecule has 0 unspecified atom stereocenters. The van der Waals surface area contributed by atoms with Crippen molar-refractivity contribution in [1.82, 2.24) is 9.62 Å². The van der Waals surface area contributed by atoms with E-state index in [1.165, 1.54) is 6.07 Å². The minimum atomic E-state index is -3.93. The molecule has 1 aliphatic heterocycles. The smallest absolute Gasteiger partial charge is 0.241 e. The molecule has 4 rings (SSSR count). The van der Waals surface area contributed by atoms with Gasteiger partial charge in [-0.05, 0) is 54.8 Å². The Kier molecular flexibility index (Phi) is 7.73. The van der Waals surface area contributed by atoms with Crippen LogP contribution in [-0.2, 0) is 21.2 Å². The first kappa shape index (κ1) is 24.8. The number of para-hydroxylation sites is 1. The van der Waals surface area contributed by atoms with Crippen molar-refractivity contribution in [2.24, 2.45) is 0 Å². The van der Waals surface area contributed by atoms with E-state index in [2.05, 4.69) is 21.8 Å². The molecule has 1 N–H and O–H groups in total. The molecule has 1 aliphatic rings. The quantitative estimate of drug-likeness (QED) is 0.521. The lowest BCUT2D eigenvalue weighted by Gasteiger charge is -2.37. The Hall–Kier alpha value is -3.36. The highest BCUT2D eigenvalue weighted by Gasteiger charge is 2.31. The first-order valence-electron chi connectivity index (χ1n) is 11.7. The van der Waals surface area contributed by atoms with Crippen LogP contribution in [0.1, 0.15) is 11.1 Å². The van der Waals surface area contributed by atoms with Crippen LogP contribution < -0.4 is 14.4 Å². The summed E-state index contributed by atoms with van der Waals surface area (Å²) in [6.07, 6.45) is 0.271. The molecular formula is C27H31N3O4S. The molecule has 0 spiro atoms. The first-order valence-corrected chi connectivity index (χ1v) is 13.2. The molecule has 184 valence electrons. The number of ether oxygens (including phenoxy) is 1. The van der Waals surface area contributed by atoms with Crippen molar-refractivity contribution in [3.05, 3.63) is 90.0 Å². The Labute approximate surface area is 207 Å². The van der Waals surface area contributed by atoms with Gasteiger partial charge >= 0.3 is 0 Å². The van der Waals surface area contributed by atoms with E-state index >= 15 is 0 Å². The fourth-order valence-corrected chi connectivity index (χ4v) is 5.62. The number of carbonyl (C=O) groups excluding carboxylic acids is 1. The van der Waals surface area contributed by atoms with Gasteiger partial charge in [-0.1, -0.05) is 48.5 Å². The largest absolute Gasteiger partial charge is 0.496 e. The van der Waals surface area contributed by atoms with Crippen LogP contribution in [0.15, 0.2) is 83.8 Å². The number of amides is 1. The fraction of sp³-hybridized carbons (Fsp3) is 0.296. The monoisotopic (exact) mass is 493 g/mol. The molecule has 1 amide bonds. The highest BCUT2D eigenvalue weighted by atomic mass is 32.2. The maximum atomic E-state index is 13.6. The average Bonchev–Trinajstić information content (AvgIpc) is 2.89. The normalized spacial score (nSPS) is 15.0. The lowest BCUT2D eigenvalue weighted by Crippen LogP contribution is -2.55. The molecule has 8 heteroatoms. The van der Waals surface area contributed by atoms with Crippen molar-refractivity contribution < 1.29 is 17.9 Å². The summed E-state index contributed by atoms with van der Waals surface area (Å²) in [4.78, 5) is 17.7. The summed E-state index contributed by atoms with van der Waals surface area (Å²) in [5.74, 6) is 0.396. The number of aryl methyl sites for hydroxylation is 1. The van der Waals surface area contributed by atoms with Crippen LogP contribution in [0.2, 0.25) is 0 Å². The molecule has 3 aromatic carbocycles. The average molecular weight is 494 g/mol. The van der Waals surface area contributed by atoms with Gasteiger partial charge in [0, 0.05) is 31.9 Å². The Morgan fingerprint density at radius 2 is 1.57 bits per heavy atom. The van der Waals surface area contributed by atoms with Gasteiger partial charge in [-0.25, -0.2) is 8.42 Å². The summed E-state index contributed by atoms with van der Waals surface area (Å²) in [6, 6.07) is 23.3. The second-order valence-electron chi connectivity index (χ2n) is 8.64. The van der Waals surface area contributed by atoms with Crippen molar-refractivity contribution in [1.29, 1.82) is 0 Å². The van der Waals surface area contributed by atoms with Gasteiger partial charge in [-0.15, -0.1) is 0 Å².